The van der Waals surface area contributed by atoms with Crippen LogP contribution in [0, 0.1) is 0 Å². The number of nitrogens with zero attached hydrogens (tertiary/aromatic N) is 1. The lowest BCUT2D eigenvalue weighted by atomic mass is 10.1. The minimum Gasteiger partial charge on any atom is -0.478 e. The van der Waals surface area contributed by atoms with Gasteiger partial charge in [-0.2, -0.15) is 4.31 Å². The van der Waals surface area contributed by atoms with E-state index < -0.39 is 16.0 Å². The van der Waals surface area contributed by atoms with Gasteiger partial charge in [-0.1, -0.05) is 0 Å². The molecule has 24 heavy (non-hydrogen) atoms. The highest BCUT2D eigenvalue weighted by Gasteiger charge is 2.33. The molecule has 0 fully saturated rings. The smallest absolute Gasteiger partial charge is 0.335 e. The van der Waals surface area contributed by atoms with Crippen molar-refractivity contribution in [3.63, 3.8) is 0 Å². The highest BCUT2D eigenvalue weighted by atomic mass is 32.2. The molecule has 1 N–H and O–H groups in total. The van der Waals surface area contributed by atoms with Crippen LogP contribution < -0.4 is 0 Å². The molecule has 2 heterocycles. The van der Waals surface area contributed by atoms with E-state index in [4.69, 9.17) is 0 Å². The molecule has 1 aromatic heterocycles. The van der Waals surface area contributed by atoms with Crippen LogP contribution in [0.25, 0.3) is 0 Å². The first-order chi connectivity index (χ1) is 11.5. The van der Waals surface area contributed by atoms with Gasteiger partial charge >= 0.3 is 5.97 Å². The van der Waals surface area contributed by atoms with Crippen LogP contribution in [0.2, 0.25) is 0 Å². The molecule has 1 aliphatic carbocycles. The molecule has 0 saturated heterocycles. The van der Waals surface area contributed by atoms with Crippen molar-refractivity contribution in [1.29, 1.82) is 0 Å². The fourth-order valence-corrected chi connectivity index (χ4v) is 6.21. The van der Waals surface area contributed by atoms with E-state index >= 15 is 0 Å². The Morgan fingerprint density at radius 1 is 1.17 bits per heavy atom. The van der Waals surface area contributed by atoms with E-state index in [1.54, 1.807) is 17.4 Å². The second kappa shape index (κ2) is 5.68. The molecular weight excluding hydrogens is 346 g/mol. The van der Waals surface area contributed by atoms with Gasteiger partial charge in [0.05, 0.1) is 10.5 Å². The van der Waals surface area contributed by atoms with Crippen LogP contribution in [0.5, 0.6) is 0 Å². The van der Waals surface area contributed by atoms with Gasteiger partial charge in [-0.15, -0.1) is 11.3 Å². The molecule has 7 heteroatoms. The molecule has 0 bridgehead atoms. The summed E-state index contributed by atoms with van der Waals surface area (Å²) in [6.07, 6.45) is 3.03. The number of hydrogen-bond donors (Lipinski definition) is 1. The monoisotopic (exact) mass is 363 g/mol. The molecule has 0 atom stereocenters. The molecule has 0 spiro atoms. The number of carboxylic acids is 1. The second-order valence-electron chi connectivity index (χ2n) is 6.23. The first kappa shape index (κ1) is 15.8. The molecule has 2 aromatic rings. The third-order valence-corrected chi connectivity index (χ3v) is 7.75. The number of thiophene rings is 1. The van der Waals surface area contributed by atoms with Crippen molar-refractivity contribution in [2.75, 3.05) is 6.54 Å². The maximum atomic E-state index is 13.2. The van der Waals surface area contributed by atoms with Gasteiger partial charge in [0.15, 0.2) is 0 Å². The summed E-state index contributed by atoms with van der Waals surface area (Å²) in [5, 5.41) is 11.3. The van der Waals surface area contributed by atoms with Crippen molar-refractivity contribution in [3.8, 4) is 0 Å². The van der Waals surface area contributed by atoms with Crippen LogP contribution in [0.1, 0.15) is 38.3 Å². The summed E-state index contributed by atoms with van der Waals surface area (Å²) in [6, 6.07) is 4.93. The Kier molecular flexibility index (Phi) is 3.74. The van der Waals surface area contributed by atoms with E-state index in [9.17, 15) is 18.3 Å². The largest absolute Gasteiger partial charge is 0.478 e. The number of aryl methyl sites for hydroxylation is 1. The van der Waals surface area contributed by atoms with Crippen molar-refractivity contribution in [1.82, 2.24) is 4.31 Å². The summed E-state index contributed by atoms with van der Waals surface area (Å²) in [5.41, 5.74) is 2.78. The fourth-order valence-electron chi connectivity index (χ4n) is 3.59. The lowest BCUT2D eigenvalue weighted by Gasteiger charge is -2.27. The van der Waals surface area contributed by atoms with E-state index in [2.05, 4.69) is 0 Å². The van der Waals surface area contributed by atoms with Crippen LogP contribution in [-0.2, 0) is 35.8 Å². The minimum atomic E-state index is -3.69. The van der Waals surface area contributed by atoms with Crippen LogP contribution in [0.4, 0.5) is 0 Å². The molecule has 4 rings (SSSR count). The maximum Gasteiger partial charge on any atom is 0.335 e. The molecular formula is C17H17NO4S2. The summed E-state index contributed by atoms with van der Waals surface area (Å²) in [6.45, 7) is 0.815. The SMILES string of the molecule is O=C(O)c1cc2c(c(S(=O)(=O)N3CCc4sccc4C3)c1)CCC2. The lowest BCUT2D eigenvalue weighted by Crippen LogP contribution is -2.36. The van der Waals surface area contributed by atoms with Crippen molar-refractivity contribution in [2.24, 2.45) is 0 Å². The number of sulfonamides is 1. The Balaban J connectivity index is 1.79. The van der Waals surface area contributed by atoms with Crippen molar-refractivity contribution in [2.45, 2.75) is 37.1 Å². The van der Waals surface area contributed by atoms with Gasteiger partial charge in [0, 0.05) is 18.0 Å². The predicted molar refractivity (Wildman–Crippen MR) is 91.0 cm³/mol. The van der Waals surface area contributed by atoms with Gasteiger partial charge in [0.2, 0.25) is 10.0 Å². The summed E-state index contributed by atoms with van der Waals surface area (Å²) in [7, 11) is -3.69. The van der Waals surface area contributed by atoms with Crippen LogP contribution in [-0.4, -0.2) is 30.3 Å². The average molecular weight is 363 g/mol. The number of carboxylic acid groups (broad SMARTS) is 1. The van der Waals surface area contributed by atoms with E-state index in [1.807, 2.05) is 11.4 Å². The van der Waals surface area contributed by atoms with Crippen LogP contribution in [0.15, 0.2) is 28.5 Å². The normalized spacial score (nSPS) is 17.5. The highest BCUT2D eigenvalue weighted by Crippen LogP contribution is 2.34. The minimum absolute atomic E-state index is 0.0578. The molecule has 0 unspecified atom stereocenters. The van der Waals surface area contributed by atoms with E-state index in [-0.39, 0.29) is 10.5 Å². The molecule has 0 saturated carbocycles. The Labute approximate surface area is 144 Å². The second-order valence-corrected chi connectivity index (χ2v) is 9.14. The first-order valence-electron chi connectivity index (χ1n) is 7.91. The average Bonchev–Trinajstić information content (AvgIpc) is 3.21. The summed E-state index contributed by atoms with van der Waals surface area (Å²) < 4.78 is 27.9. The number of fused-ring (bicyclic) bond motifs is 2. The molecule has 2 aliphatic rings. The molecule has 0 radical (unpaired) electrons. The zero-order valence-corrected chi connectivity index (χ0v) is 14.6. The third-order valence-electron chi connectivity index (χ3n) is 4.81. The lowest BCUT2D eigenvalue weighted by molar-refractivity contribution is 0.0696. The van der Waals surface area contributed by atoms with Gasteiger partial charge in [0.25, 0.3) is 0 Å². The van der Waals surface area contributed by atoms with E-state index in [0.717, 1.165) is 29.5 Å². The van der Waals surface area contributed by atoms with Gasteiger partial charge in [-0.05, 0) is 66.0 Å². The van der Waals surface area contributed by atoms with E-state index in [1.165, 1.54) is 15.2 Å². The summed E-state index contributed by atoms with van der Waals surface area (Å²) in [5.74, 6) is -1.08. The Morgan fingerprint density at radius 2 is 2.00 bits per heavy atom. The van der Waals surface area contributed by atoms with Crippen molar-refractivity contribution >= 4 is 27.3 Å². The maximum absolute atomic E-state index is 13.2. The quantitative estimate of drug-likeness (QED) is 0.910. The molecule has 5 nitrogen and oxygen atoms in total. The summed E-state index contributed by atoms with van der Waals surface area (Å²) >= 11 is 1.66. The zero-order chi connectivity index (χ0) is 16.9. The van der Waals surface area contributed by atoms with Gasteiger partial charge < -0.3 is 5.11 Å². The van der Waals surface area contributed by atoms with Gasteiger partial charge in [-0.3, -0.25) is 0 Å². The molecule has 1 aromatic carbocycles. The Morgan fingerprint density at radius 3 is 2.79 bits per heavy atom. The topological polar surface area (TPSA) is 74.7 Å². The number of carbonyl (C=O) groups is 1. The standard InChI is InChI=1S/C17H17NO4S2/c19-17(20)13-8-11-2-1-3-14(11)16(9-13)24(21,22)18-6-4-15-12(10-18)5-7-23-15/h5,7-9H,1-4,6,10H2,(H,19,20). The zero-order valence-electron chi connectivity index (χ0n) is 13.0. The van der Waals surface area contributed by atoms with Crippen molar-refractivity contribution in [3.05, 3.63) is 50.7 Å². The third kappa shape index (κ3) is 2.47. The van der Waals surface area contributed by atoms with Crippen molar-refractivity contribution < 1.29 is 18.3 Å². The fraction of sp³-hybridized carbons (Fsp3) is 0.353. The highest BCUT2D eigenvalue weighted by molar-refractivity contribution is 7.89. The Bertz CT molecular complexity index is 930. The van der Waals surface area contributed by atoms with Gasteiger partial charge in [-0.25, -0.2) is 13.2 Å². The number of aromatic carboxylic acids is 1. The predicted octanol–water partition coefficient (Wildman–Crippen LogP) is 2.68. The Hall–Kier alpha value is -1.70. The number of benzene rings is 1. The van der Waals surface area contributed by atoms with Crippen LogP contribution >= 0.6 is 11.3 Å². The summed E-state index contributed by atoms with van der Waals surface area (Å²) in [4.78, 5) is 12.8. The van der Waals surface area contributed by atoms with E-state index in [0.29, 0.717) is 25.9 Å². The number of rotatable bonds is 3. The van der Waals surface area contributed by atoms with Crippen LogP contribution in [0.3, 0.4) is 0 Å². The molecule has 0 amide bonds. The first-order valence-corrected chi connectivity index (χ1v) is 10.2. The van der Waals surface area contributed by atoms with Gasteiger partial charge in [0.1, 0.15) is 0 Å². The number of hydrogen-bond acceptors (Lipinski definition) is 4. The molecule has 126 valence electrons. The molecule has 1 aliphatic heterocycles.